The van der Waals surface area contributed by atoms with E-state index >= 15 is 0 Å². The number of pyridine rings is 2. The number of nitrogens with zero attached hydrogens (tertiary/aromatic N) is 4. The first-order valence-corrected chi connectivity index (χ1v) is 16.7. The van der Waals surface area contributed by atoms with Crippen LogP contribution in [-0.4, -0.2) is 43.1 Å². The number of carbonyl (C=O) groups is 4. The van der Waals surface area contributed by atoms with Crippen LogP contribution in [0, 0.1) is 0 Å². The Morgan fingerprint density at radius 3 is 1.28 bits per heavy atom. The largest absolute Gasteiger partial charge is 0.432 e. The van der Waals surface area contributed by atoms with Crippen molar-refractivity contribution in [1.29, 1.82) is 0 Å². The zero-order chi connectivity index (χ0) is 36.8. The minimum atomic E-state index is -0.324. The van der Waals surface area contributed by atoms with Crippen LogP contribution in [0.4, 0.5) is 0 Å². The molecule has 0 N–H and O–H groups in total. The molecule has 0 amide bonds. The first kappa shape index (κ1) is 38.3. The van der Waals surface area contributed by atoms with Gasteiger partial charge in [0.05, 0.1) is 0 Å². The second-order valence-corrected chi connectivity index (χ2v) is 9.25. The molecule has 0 spiro atoms. The smallest absolute Gasteiger partial charge is 0.246 e. The number of fused-ring (bicyclic) bond motifs is 4. The van der Waals surface area contributed by atoms with E-state index in [0.717, 1.165) is 0 Å². The molecule has 0 radical (unpaired) electrons. The Balaban J connectivity index is 0.000000226. The Labute approximate surface area is 291 Å². The molecule has 0 saturated heterocycles. The molecule has 256 valence electrons. The Kier molecular flexibility index (Phi) is 14.1. The van der Waals surface area contributed by atoms with E-state index in [9.17, 15) is 19.2 Å². The van der Waals surface area contributed by atoms with Gasteiger partial charge < -0.3 is 8.83 Å². The number of oxazole rings is 2. The first-order valence-electron chi connectivity index (χ1n) is 16.7. The summed E-state index contributed by atoms with van der Waals surface area (Å²) in [6.45, 7) is 16.0. The van der Waals surface area contributed by atoms with Gasteiger partial charge in [-0.1, -0.05) is 110 Å². The summed E-state index contributed by atoms with van der Waals surface area (Å²) >= 11 is 0. The van der Waals surface area contributed by atoms with Gasteiger partial charge in [0, 0.05) is 46.4 Å². The van der Waals surface area contributed by atoms with Gasteiger partial charge in [-0.15, -0.1) is 0 Å². The third-order valence-electron chi connectivity index (χ3n) is 6.74. The van der Waals surface area contributed by atoms with Gasteiger partial charge in [-0.25, -0.2) is 9.97 Å². The van der Waals surface area contributed by atoms with Crippen LogP contribution in [0.1, 0.15) is 120 Å². The zero-order valence-electron chi connectivity index (χ0n) is 29.5. The van der Waals surface area contributed by atoms with Gasteiger partial charge in [0.1, 0.15) is 5.69 Å². The van der Waals surface area contributed by atoms with E-state index in [0.29, 0.717) is 33.5 Å². The highest BCUT2D eigenvalue weighted by Crippen LogP contribution is 2.31. The Morgan fingerprint density at radius 2 is 0.840 bits per heavy atom. The monoisotopic (exact) mass is 672 g/mol. The van der Waals surface area contributed by atoms with E-state index in [4.69, 9.17) is 8.83 Å². The van der Waals surface area contributed by atoms with Crippen molar-refractivity contribution in [2.24, 2.45) is 0 Å². The number of ketones is 4. The lowest BCUT2D eigenvalue weighted by atomic mass is 9.91. The lowest BCUT2D eigenvalue weighted by Crippen LogP contribution is -2.19. The van der Waals surface area contributed by atoms with Gasteiger partial charge >= 0.3 is 0 Å². The number of benzene rings is 2. The van der Waals surface area contributed by atoms with E-state index in [2.05, 4.69) is 19.9 Å². The van der Waals surface area contributed by atoms with E-state index in [1.54, 1.807) is 97.5 Å². The molecule has 0 bridgehead atoms. The fraction of sp³-hybridized carbons (Fsp3) is 0.200. The molecule has 8 rings (SSSR count). The fourth-order valence-corrected chi connectivity index (χ4v) is 4.73. The summed E-state index contributed by atoms with van der Waals surface area (Å²) in [5.41, 5.74) is 2.71. The molecule has 2 aliphatic carbocycles. The average Bonchev–Trinajstić information content (AvgIpc) is 3.87. The molecule has 0 atom stereocenters. The molecule has 2 aliphatic rings. The molecule has 0 unspecified atom stereocenters. The normalized spacial score (nSPS) is 11.4. The lowest BCUT2D eigenvalue weighted by Gasteiger charge is -2.10. The Bertz CT molecular complexity index is 1810. The minimum absolute atomic E-state index is 0.00510. The first-order chi connectivity index (χ1) is 24.5. The lowest BCUT2D eigenvalue weighted by molar-refractivity contribution is 0.0959. The average molecular weight is 673 g/mol. The highest BCUT2D eigenvalue weighted by molar-refractivity contribution is 6.27. The standard InChI is InChI=1S/2C16H8N2O3.4C2H6/c19-13-9-5-1-2-6-10(9)14(20)15-12(13)18-16(21-15)11-7-3-4-8-17-11;19-13-10-3-1-2-4-11(10)14(20)15-12(13)18-16(21-15)9-5-7-17-8-6-9;4*1-2/h2*1-8H;4*1-2H3. The molecule has 2 aromatic carbocycles. The minimum Gasteiger partial charge on any atom is -0.432 e. The van der Waals surface area contributed by atoms with Gasteiger partial charge in [0.15, 0.2) is 11.4 Å². The maximum atomic E-state index is 12.4. The van der Waals surface area contributed by atoms with Crippen LogP contribution in [0.3, 0.4) is 0 Å². The van der Waals surface area contributed by atoms with Gasteiger partial charge in [-0.05, 0) is 24.3 Å². The predicted octanol–water partition coefficient (Wildman–Crippen LogP) is 9.13. The molecule has 10 heteroatoms. The molecule has 4 aromatic heterocycles. The van der Waals surface area contributed by atoms with Crippen molar-refractivity contribution >= 4 is 23.1 Å². The van der Waals surface area contributed by atoms with Crippen molar-refractivity contribution in [3.63, 3.8) is 0 Å². The zero-order valence-corrected chi connectivity index (χ0v) is 29.5. The summed E-state index contributed by atoms with van der Waals surface area (Å²) in [7, 11) is 0. The van der Waals surface area contributed by atoms with Crippen LogP contribution in [0.2, 0.25) is 0 Å². The fourth-order valence-electron chi connectivity index (χ4n) is 4.73. The summed E-state index contributed by atoms with van der Waals surface area (Å²) in [6.07, 6.45) is 4.78. The summed E-state index contributed by atoms with van der Waals surface area (Å²) in [5.74, 6) is -0.810. The summed E-state index contributed by atoms with van der Waals surface area (Å²) in [5, 5.41) is 0. The van der Waals surface area contributed by atoms with Crippen molar-refractivity contribution in [2.45, 2.75) is 55.4 Å². The molecule has 0 fully saturated rings. The van der Waals surface area contributed by atoms with E-state index in [1.807, 2.05) is 55.4 Å². The molecule has 50 heavy (non-hydrogen) atoms. The van der Waals surface area contributed by atoms with Crippen molar-refractivity contribution in [3.8, 4) is 23.0 Å². The van der Waals surface area contributed by atoms with Crippen molar-refractivity contribution in [3.05, 3.63) is 143 Å². The van der Waals surface area contributed by atoms with Crippen LogP contribution in [0.15, 0.2) is 106 Å². The van der Waals surface area contributed by atoms with E-state index in [-0.39, 0.29) is 57.8 Å². The highest BCUT2D eigenvalue weighted by atomic mass is 16.4. The van der Waals surface area contributed by atoms with Crippen LogP contribution >= 0.6 is 0 Å². The van der Waals surface area contributed by atoms with Gasteiger partial charge in [-0.2, -0.15) is 0 Å². The molecule has 0 aliphatic heterocycles. The van der Waals surface area contributed by atoms with E-state index in [1.165, 1.54) is 0 Å². The number of rotatable bonds is 2. The van der Waals surface area contributed by atoms with Crippen molar-refractivity contribution < 1.29 is 28.0 Å². The quantitative estimate of drug-likeness (QED) is 0.174. The molecule has 4 heterocycles. The number of aromatic nitrogens is 4. The molecule has 6 aromatic rings. The summed E-state index contributed by atoms with van der Waals surface area (Å²) in [6, 6.07) is 22.0. The third kappa shape index (κ3) is 7.60. The maximum absolute atomic E-state index is 12.4. The van der Waals surface area contributed by atoms with Crippen LogP contribution in [0.5, 0.6) is 0 Å². The van der Waals surface area contributed by atoms with Gasteiger partial charge in [-0.3, -0.25) is 29.1 Å². The topological polar surface area (TPSA) is 146 Å². The van der Waals surface area contributed by atoms with Crippen LogP contribution in [0.25, 0.3) is 23.0 Å². The summed E-state index contributed by atoms with van der Waals surface area (Å²) in [4.78, 5) is 66.0. The van der Waals surface area contributed by atoms with E-state index < -0.39 is 0 Å². The summed E-state index contributed by atoms with van der Waals surface area (Å²) < 4.78 is 11.0. The molecule has 0 saturated carbocycles. The van der Waals surface area contributed by atoms with Gasteiger partial charge in [0.2, 0.25) is 46.4 Å². The Hall–Kier alpha value is -6.16. The van der Waals surface area contributed by atoms with Crippen molar-refractivity contribution in [1.82, 2.24) is 19.9 Å². The van der Waals surface area contributed by atoms with Crippen LogP contribution < -0.4 is 0 Å². The highest BCUT2D eigenvalue weighted by Gasteiger charge is 2.36. The Morgan fingerprint density at radius 1 is 0.440 bits per heavy atom. The number of carbonyl (C=O) groups excluding carboxylic acids is 4. The number of hydrogen-bond acceptors (Lipinski definition) is 10. The molecule has 10 nitrogen and oxygen atoms in total. The predicted molar refractivity (Wildman–Crippen MR) is 191 cm³/mol. The van der Waals surface area contributed by atoms with Gasteiger partial charge in [0.25, 0.3) is 0 Å². The van der Waals surface area contributed by atoms with Crippen LogP contribution in [-0.2, 0) is 0 Å². The SMILES string of the molecule is CC.CC.CC.CC.O=C1c2ccccc2C(=O)c2oc(-c3ccccn3)nc21.O=C1c2ccccc2C(=O)c2oc(-c3ccncc3)nc21. The third-order valence-corrected chi connectivity index (χ3v) is 6.74. The second kappa shape index (κ2) is 18.4. The van der Waals surface area contributed by atoms with Crippen molar-refractivity contribution in [2.75, 3.05) is 0 Å². The molecular weight excluding hydrogens is 632 g/mol. The molecular formula is C40H40N4O6. The second-order valence-electron chi connectivity index (χ2n) is 9.25. The maximum Gasteiger partial charge on any atom is 0.246 e. The number of hydrogen-bond donors (Lipinski definition) is 0.